The normalized spacial score (nSPS) is 18.2. The molecule has 0 bridgehead atoms. The van der Waals surface area contributed by atoms with Crippen molar-refractivity contribution in [2.75, 3.05) is 26.8 Å². The number of hydrogen-bond donors (Lipinski definition) is 0. The van der Waals surface area contributed by atoms with Crippen LogP contribution in [0, 0.1) is 5.41 Å². The van der Waals surface area contributed by atoms with Crippen molar-refractivity contribution >= 4 is 0 Å². The molecule has 4 aromatic carbocycles. The van der Waals surface area contributed by atoms with Crippen LogP contribution in [0.4, 0.5) is 0 Å². The summed E-state index contributed by atoms with van der Waals surface area (Å²) >= 11 is 0. The lowest BCUT2D eigenvalue weighted by Gasteiger charge is -2.40. The topological polar surface area (TPSA) is 39.5 Å². The third-order valence-electron chi connectivity index (χ3n) is 9.14. The van der Waals surface area contributed by atoms with E-state index in [0.29, 0.717) is 19.8 Å². The van der Waals surface area contributed by atoms with Crippen LogP contribution in [-0.4, -0.2) is 41.3 Å². The van der Waals surface area contributed by atoms with Crippen molar-refractivity contribution in [2.45, 2.75) is 58.4 Å². The van der Waals surface area contributed by atoms with Gasteiger partial charge in [0.05, 0.1) is 24.6 Å². The molecule has 5 nitrogen and oxygen atoms in total. The zero-order chi connectivity index (χ0) is 31.6. The van der Waals surface area contributed by atoms with Gasteiger partial charge in [0.1, 0.15) is 0 Å². The van der Waals surface area contributed by atoms with E-state index < -0.39 is 6.29 Å². The van der Waals surface area contributed by atoms with Gasteiger partial charge in [-0.3, -0.25) is 0 Å². The number of aromatic nitrogens is 2. The smallest absolute Gasteiger partial charge is 0.217 e. The maximum absolute atomic E-state index is 6.69. The Morgan fingerprint density at radius 3 is 1.89 bits per heavy atom. The van der Waals surface area contributed by atoms with Crippen LogP contribution < -0.4 is 0 Å². The van der Waals surface area contributed by atoms with Crippen molar-refractivity contribution in [3.8, 4) is 22.5 Å². The number of ether oxygens (including phenoxy) is 2. The molecule has 5 heteroatoms. The first kappa shape index (κ1) is 31.9. The highest BCUT2D eigenvalue weighted by Crippen LogP contribution is 2.41. The zero-order valence-electron chi connectivity index (χ0n) is 27.4. The fourth-order valence-corrected chi connectivity index (χ4v) is 6.81. The van der Waals surface area contributed by atoms with E-state index in [1.807, 2.05) is 0 Å². The largest absolute Gasteiger partial charge is 0.345 e. The summed E-state index contributed by atoms with van der Waals surface area (Å²) in [5, 5.41) is 0. The van der Waals surface area contributed by atoms with E-state index in [9.17, 15) is 0 Å². The molecule has 0 atom stereocenters. The van der Waals surface area contributed by atoms with Crippen molar-refractivity contribution in [3.05, 3.63) is 138 Å². The zero-order valence-corrected chi connectivity index (χ0v) is 27.4. The molecule has 6 rings (SSSR count). The van der Waals surface area contributed by atoms with Gasteiger partial charge in [-0.05, 0) is 44.0 Å². The summed E-state index contributed by atoms with van der Waals surface area (Å²) in [6.07, 6.45) is 5.13. The maximum Gasteiger partial charge on any atom is 0.217 e. The van der Waals surface area contributed by atoms with Gasteiger partial charge in [0.2, 0.25) is 6.29 Å². The second-order valence-electron chi connectivity index (χ2n) is 12.9. The summed E-state index contributed by atoms with van der Waals surface area (Å²) in [6, 6.07) is 42.4. The second-order valence-corrected chi connectivity index (χ2v) is 12.9. The molecule has 0 unspecified atom stereocenters. The van der Waals surface area contributed by atoms with Gasteiger partial charge < -0.3 is 18.9 Å². The van der Waals surface area contributed by atoms with Crippen LogP contribution >= 0.6 is 0 Å². The Labute approximate surface area is 274 Å². The average molecular weight is 614 g/mol. The molecule has 5 aromatic rings. The van der Waals surface area contributed by atoms with E-state index >= 15 is 0 Å². The Morgan fingerprint density at radius 2 is 1.28 bits per heavy atom. The Morgan fingerprint density at radius 1 is 0.717 bits per heavy atom. The molecule has 1 aliphatic heterocycles. The number of unbranched alkanes of at least 4 members (excludes halogenated alkanes) is 1. The first-order chi connectivity index (χ1) is 22.6. The van der Waals surface area contributed by atoms with Gasteiger partial charge in [-0.1, -0.05) is 141 Å². The Balaban J connectivity index is 1.21. The average Bonchev–Trinajstić information content (AvgIpc) is 3.48. The first-order valence-corrected chi connectivity index (χ1v) is 16.8. The lowest BCUT2D eigenvalue weighted by Crippen LogP contribution is -2.39. The van der Waals surface area contributed by atoms with Crippen LogP contribution in [0.3, 0.4) is 0 Å². The molecule has 1 saturated heterocycles. The van der Waals surface area contributed by atoms with Crippen molar-refractivity contribution in [1.29, 1.82) is 0 Å². The molecule has 1 aliphatic rings. The number of benzene rings is 4. The molecule has 46 heavy (non-hydrogen) atoms. The molecular formula is C41H47N3O2. The van der Waals surface area contributed by atoms with Crippen molar-refractivity contribution < 1.29 is 9.47 Å². The molecule has 0 radical (unpaired) electrons. The monoisotopic (exact) mass is 613 g/mol. The summed E-state index contributed by atoms with van der Waals surface area (Å²) in [4.78, 5) is 7.73. The second kappa shape index (κ2) is 15.5. The van der Waals surface area contributed by atoms with Crippen molar-refractivity contribution in [1.82, 2.24) is 14.5 Å². The minimum Gasteiger partial charge on any atom is -0.345 e. The molecule has 0 saturated carbocycles. The number of hydrogen-bond acceptors (Lipinski definition) is 4. The van der Waals surface area contributed by atoms with Crippen LogP contribution in [0.2, 0.25) is 0 Å². The predicted molar refractivity (Wildman–Crippen MR) is 187 cm³/mol. The summed E-state index contributed by atoms with van der Waals surface area (Å²) in [5.41, 5.74) is 6.87. The Kier molecular flexibility index (Phi) is 10.8. The molecule has 0 amide bonds. The quantitative estimate of drug-likeness (QED) is 0.117. The van der Waals surface area contributed by atoms with Gasteiger partial charge in [0.25, 0.3) is 0 Å². The fourth-order valence-electron chi connectivity index (χ4n) is 6.81. The van der Waals surface area contributed by atoms with Gasteiger partial charge in [-0.25, -0.2) is 4.98 Å². The lowest BCUT2D eigenvalue weighted by atomic mass is 9.79. The van der Waals surface area contributed by atoms with E-state index in [2.05, 4.69) is 145 Å². The molecule has 1 fully saturated rings. The fraction of sp³-hybridized carbons (Fsp3) is 0.341. The van der Waals surface area contributed by atoms with Gasteiger partial charge in [-0.15, -0.1) is 0 Å². The summed E-state index contributed by atoms with van der Waals surface area (Å²) < 4.78 is 15.7. The van der Waals surface area contributed by atoms with Crippen molar-refractivity contribution in [3.63, 3.8) is 0 Å². The molecule has 0 spiro atoms. The van der Waals surface area contributed by atoms with Crippen LogP contribution in [0.5, 0.6) is 0 Å². The minimum absolute atomic E-state index is 0.0324. The lowest BCUT2D eigenvalue weighted by molar-refractivity contribution is -0.241. The first-order valence-electron chi connectivity index (χ1n) is 16.8. The summed E-state index contributed by atoms with van der Waals surface area (Å²) in [7, 11) is 2.22. The van der Waals surface area contributed by atoms with E-state index in [-0.39, 0.29) is 5.41 Å². The molecule has 1 aromatic heterocycles. The van der Waals surface area contributed by atoms with Crippen LogP contribution in [0.25, 0.3) is 22.5 Å². The van der Waals surface area contributed by atoms with Gasteiger partial charge in [-0.2, -0.15) is 0 Å². The van der Waals surface area contributed by atoms with Crippen LogP contribution in [-0.2, 0) is 22.6 Å². The van der Waals surface area contributed by atoms with Crippen LogP contribution in [0.1, 0.15) is 62.3 Å². The van der Waals surface area contributed by atoms with Gasteiger partial charge in [0.15, 0.2) is 5.82 Å². The number of rotatable bonds is 14. The summed E-state index contributed by atoms with van der Waals surface area (Å²) in [5.74, 6) is 0.828. The summed E-state index contributed by atoms with van der Waals surface area (Å²) in [6.45, 7) is 6.39. The van der Waals surface area contributed by atoms with Gasteiger partial charge in [0, 0.05) is 29.6 Å². The molecule has 238 valence electrons. The highest BCUT2D eigenvalue weighted by atomic mass is 16.7. The number of nitrogens with zero attached hydrogens (tertiary/aromatic N) is 3. The van der Waals surface area contributed by atoms with Crippen molar-refractivity contribution in [2.24, 2.45) is 5.41 Å². The SMILES string of the molecule is CCC[C@]1(CCCCN(C)Cc2ccccc2)CO[C@@H](c2nc(-c3ccccc3)c(-c3ccccc3)n2Cc2ccccc2)OC1. The van der Waals surface area contributed by atoms with E-state index in [1.165, 1.54) is 17.5 Å². The highest BCUT2D eigenvalue weighted by molar-refractivity contribution is 5.79. The van der Waals surface area contributed by atoms with E-state index in [1.54, 1.807) is 0 Å². The molecule has 0 aliphatic carbocycles. The van der Waals surface area contributed by atoms with Gasteiger partial charge >= 0.3 is 0 Å². The Hall–Kier alpha value is -4.03. The third kappa shape index (κ3) is 7.84. The highest BCUT2D eigenvalue weighted by Gasteiger charge is 2.38. The maximum atomic E-state index is 6.69. The number of imidazole rings is 1. The Bertz CT molecular complexity index is 1610. The van der Waals surface area contributed by atoms with E-state index in [0.717, 1.165) is 67.1 Å². The predicted octanol–water partition coefficient (Wildman–Crippen LogP) is 9.40. The molecule has 0 N–H and O–H groups in total. The van der Waals surface area contributed by atoms with E-state index in [4.69, 9.17) is 14.5 Å². The molecule has 2 heterocycles. The third-order valence-corrected chi connectivity index (χ3v) is 9.14. The van der Waals surface area contributed by atoms with Crippen LogP contribution in [0.15, 0.2) is 121 Å². The molecular weight excluding hydrogens is 566 g/mol. The standard InChI is InChI=1S/C41H47N3O2/c1-3-26-41(27-16-17-28-43(2)29-33-18-8-4-9-19-33)31-45-40(46-32-41)39-42-37(35-22-12-6-13-23-35)38(36-24-14-7-15-25-36)44(39)30-34-20-10-5-11-21-34/h4-15,18-25,40H,3,16-17,26-32H2,1-2H3/t40-,41+. The minimum atomic E-state index is -0.523.